The largest absolute Gasteiger partial charge is 0.469 e. The maximum absolute atomic E-state index is 13.8. The highest BCUT2D eigenvalue weighted by atomic mass is 79.9. The molecule has 0 aliphatic rings. The summed E-state index contributed by atoms with van der Waals surface area (Å²) in [6.07, 6.45) is 2.45. The first-order chi connectivity index (χ1) is 9.06. The normalized spacial score (nSPS) is 14.3. The second-order valence-electron chi connectivity index (χ2n) is 4.74. The topological polar surface area (TPSA) is 25.2 Å². The molecule has 19 heavy (non-hydrogen) atoms. The minimum absolute atomic E-state index is 0.0533. The highest BCUT2D eigenvalue weighted by Crippen LogP contribution is 2.22. The van der Waals surface area contributed by atoms with E-state index in [0.29, 0.717) is 5.56 Å². The fraction of sp³-hybridized carbons (Fsp3) is 0.333. The van der Waals surface area contributed by atoms with Crippen LogP contribution in [0.3, 0.4) is 0 Å². The number of furan rings is 1. The van der Waals surface area contributed by atoms with Crippen molar-refractivity contribution in [3.05, 3.63) is 58.2 Å². The average Bonchev–Trinajstić information content (AvgIpc) is 2.84. The van der Waals surface area contributed by atoms with Crippen molar-refractivity contribution >= 4 is 15.9 Å². The maximum Gasteiger partial charge on any atom is 0.128 e. The molecule has 2 unspecified atom stereocenters. The zero-order valence-corrected chi connectivity index (χ0v) is 12.6. The van der Waals surface area contributed by atoms with Gasteiger partial charge < -0.3 is 9.73 Å². The summed E-state index contributed by atoms with van der Waals surface area (Å²) in [5, 5.41) is 3.38. The van der Waals surface area contributed by atoms with E-state index in [9.17, 15) is 4.39 Å². The Balaban J connectivity index is 2.00. The van der Waals surface area contributed by atoms with E-state index in [1.807, 2.05) is 25.1 Å². The molecule has 0 spiro atoms. The first kappa shape index (κ1) is 14.3. The minimum atomic E-state index is -0.187. The molecule has 0 saturated carbocycles. The van der Waals surface area contributed by atoms with Crippen LogP contribution in [0.5, 0.6) is 0 Å². The molecular weight excluding hydrogens is 309 g/mol. The van der Waals surface area contributed by atoms with Crippen molar-refractivity contribution in [3.63, 3.8) is 0 Å². The molecule has 1 N–H and O–H groups in total. The molecule has 2 nitrogen and oxygen atoms in total. The molecule has 1 aromatic heterocycles. The zero-order chi connectivity index (χ0) is 13.8. The lowest BCUT2D eigenvalue weighted by Crippen LogP contribution is -2.31. The molecule has 2 rings (SSSR count). The van der Waals surface area contributed by atoms with Gasteiger partial charge in [-0.2, -0.15) is 0 Å². The van der Waals surface area contributed by atoms with E-state index < -0.39 is 0 Å². The summed E-state index contributed by atoms with van der Waals surface area (Å²) in [6.45, 7) is 4.03. The Bertz CT molecular complexity index is 527. The highest BCUT2D eigenvalue weighted by molar-refractivity contribution is 9.10. The monoisotopic (exact) mass is 325 g/mol. The van der Waals surface area contributed by atoms with Crippen LogP contribution in [-0.4, -0.2) is 6.04 Å². The van der Waals surface area contributed by atoms with Gasteiger partial charge in [-0.15, -0.1) is 0 Å². The van der Waals surface area contributed by atoms with Crippen molar-refractivity contribution in [3.8, 4) is 0 Å². The molecule has 0 aliphatic carbocycles. The van der Waals surface area contributed by atoms with E-state index in [1.54, 1.807) is 12.3 Å². The summed E-state index contributed by atoms with van der Waals surface area (Å²) < 4.78 is 20.0. The molecule has 102 valence electrons. The van der Waals surface area contributed by atoms with Crippen molar-refractivity contribution < 1.29 is 8.81 Å². The molecular formula is C15H17BrFNO. The van der Waals surface area contributed by atoms with E-state index >= 15 is 0 Å². The van der Waals surface area contributed by atoms with Crippen LogP contribution in [0.25, 0.3) is 0 Å². The summed E-state index contributed by atoms with van der Waals surface area (Å²) in [7, 11) is 0. The maximum atomic E-state index is 13.8. The van der Waals surface area contributed by atoms with E-state index in [4.69, 9.17) is 4.42 Å². The molecule has 4 heteroatoms. The van der Waals surface area contributed by atoms with Gasteiger partial charge in [-0.1, -0.05) is 15.9 Å². The Kier molecular flexibility index (Phi) is 4.77. The first-order valence-corrected chi connectivity index (χ1v) is 7.09. The molecule has 0 radical (unpaired) electrons. The van der Waals surface area contributed by atoms with E-state index in [1.165, 1.54) is 6.07 Å². The summed E-state index contributed by atoms with van der Waals surface area (Å²) in [6, 6.07) is 8.98. The molecule has 2 atom stereocenters. The van der Waals surface area contributed by atoms with Crippen molar-refractivity contribution in [2.45, 2.75) is 32.4 Å². The Morgan fingerprint density at radius 2 is 2.11 bits per heavy atom. The predicted molar refractivity (Wildman–Crippen MR) is 77.5 cm³/mol. The van der Waals surface area contributed by atoms with Crippen LogP contribution in [0.4, 0.5) is 4.39 Å². The van der Waals surface area contributed by atoms with Gasteiger partial charge in [-0.3, -0.25) is 0 Å². The minimum Gasteiger partial charge on any atom is -0.469 e. The van der Waals surface area contributed by atoms with Crippen LogP contribution >= 0.6 is 15.9 Å². The highest BCUT2D eigenvalue weighted by Gasteiger charge is 2.14. The van der Waals surface area contributed by atoms with Gasteiger partial charge in [0, 0.05) is 28.5 Å². The smallest absolute Gasteiger partial charge is 0.128 e. The van der Waals surface area contributed by atoms with Gasteiger partial charge in [0.25, 0.3) is 0 Å². The number of nitrogens with one attached hydrogen (secondary N) is 1. The van der Waals surface area contributed by atoms with Crippen molar-refractivity contribution in [1.82, 2.24) is 5.32 Å². The second-order valence-corrected chi connectivity index (χ2v) is 5.65. The van der Waals surface area contributed by atoms with Crippen LogP contribution in [0, 0.1) is 5.82 Å². The Labute approximate surface area is 121 Å². The number of benzene rings is 1. The average molecular weight is 326 g/mol. The van der Waals surface area contributed by atoms with Crippen LogP contribution < -0.4 is 5.32 Å². The number of rotatable bonds is 5. The summed E-state index contributed by atoms with van der Waals surface area (Å²) >= 11 is 3.37. The molecule has 1 heterocycles. The fourth-order valence-corrected chi connectivity index (χ4v) is 2.53. The van der Waals surface area contributed by atoms with Crippen LogP contribution in [-0.2, 0) is 6.42 Å². The van der Waals surface area contributed by atoms with E-state index in [2.05, 4.69) is 28.2 Å². The third kappa shape index (κ3) is 3.91. The molecule has 0 saturated heterocycles. The Morgan fingerprint density at radius 3 is 2.79 bits per heavy atom. The quantitative estimate of drug-likeness (QED) is 0.877. The fourth-order valence-electron chi connectivity index (χ4n) is 2.15. The predicted octanol–water partition coefficient (Wildman–Crippen LogP) is 4.46. The molecule has 0 amide bonds. The van der Waals surface area contributed by atoms with Gasteiger partial charge in [0.2, 0.25) is 0 Å². The molecule has 0 fully saturated rings. The van der Waals surface area contributed by atoms with Gasteiger partial charge in [0.05, 0.1) is 6.26 Å². The first-order valence-electron chi connectivity index (χ1n) is 6.29. The van der Waals surface area contributed by atoms with Crippen molar-refractivity contribution in [2.24, 2.45) is 0 Å². The van der Waals surface area contributed by atoms with Gasteiger partial charge in [0.1, 0.15) is 11.6 Å². The van der Waals surface area contributed by atoms with Crippen molar-refractivity contribution in [2.75, 3.05) is 0 Å². The Hall–Kier alpha value is -1.13. The third-order valence-corrected chi connectivity index (χ3v) is 3.54. The zero-order valence-electron chi connectivity index (χ0n) is 11.0. The molecule has 0 aliphatic heterocycles. The number of halogens is 2. The lowest BCUT2D eigenvalue weighted by atomic mass is 10.1. The Morgan fingerprint density at radius 1 is 1.32 bits per heavy atom. The summed E-state index contributed by atoms with van der Waals surface area (Å²) in [5.41, 5.74) is 0.667. The molecule has 2 aromatic rings. The van der Waals surface area contributed by atoms with Crippen LogP contribution in [0.2, 0.25) is 0 Å². The van der Waals surface area contributed by atoms with Crippen LogP contribution in [0.15, 0.2) is 45.5 Å². The molecule has 1 aromatic carbocycles. The molecule has 0 bridgehead atoms. The third-order valence-electron chi connectivity index (χ3n) is 3.05. The van der Waals surface area contributed by atoms with Crippen LogP contribution in [0.1, 0.15) is 31.2 Å². The SMILES string of the molecule is CC(Cc1ccco1)NC(C)c1cc(Br)ccc1F. The number of hydrogen-bond acceptors (Lipinski definition) is 2. The lowest BCUT2D eigenvalue weighted by molar-refractivity contribution is 0.422. The van der Waals surface area contributed by atoms with Gasteiger partial charge in [-0.25, -0.2) is 4.39 Å². The summed E-state index contributed by atoms with van der Waals surface area (Å²) in [4.78, 5) is 0. The van der Waals surface area contributed by atoms with Gasteiger partial charge in [0.15, 0.2) is 0 Å². The standard InChI is InChI=1S/C15H17BrFNO/c1-10(8-13-4-3-7-19-13)18-11(2)14-9-12(16)5-6-15(14)17/h3-7,9-11,18H,8H2,1-2H3. The summed E-state index contributed by atoms with van der Waals surface area (Å²) in [5.74, 6) is 0.746. The van der Waals surface area contributed by atoms with E-state index in [0.717, 1.165) is 16.7 Å². The van der Waals surface area contributed by atoms with Gasteiger partial charge >= 0.3 is 0 Å². The van der Waals surface area contributed by atoms with Gasteiger partial charge in [-0.05, 0) is 44.2 Å². The van der Waals surface area contributed by atoms with Crippen molar-refractivity contribution in [1.29, 1.82) is 0 Å². The second kappa shape index (κ2) is 6.35. The lowest BCUT2D eigenvalue weighted by Gasteiger charge is -2.20. The van der Waals surface area contributed by atoms with E-state index in [-0.39, 0.29) is 17.9 Å². The number of hydrogen-bond donors (Lipinski definition) is 1.